The molecule has 2 unspecified atom stereocenters. The number of aliphatic hydroxyl groups excluding tert-OH is 2. The molecule has 0 saturated carbocycles. The molecule has 1 amide bonds. The number of alkyl carbamates (subject to hydrolysis) is 1. The van der Waals surface area contributed by atoms with Crippen LogP contribution in [0.2, 0.25) is 0 Å². The topological polar surface area (TPSA) is 113 Å². The summed E-state index contributed by atoms with van der Waals surface area (Å²) in [5.41, 5.74) is -0.323. The van der Waals surface area contributed by atoms with Crippen molar-refractivity contribution in [2.75, 3.05) is 12.8 Å². The molecule has 1 aromatic rings. The highest BCUT2D eigenvalue weighted by Gasteiger charge is 2.21. The molecule has 0 heterocycles. The molecular formula is C16H25NO6S. The van der Waals surface area contributed by atoms with Crippen LogP contribution < -0.4 is 5.32 Å². The molecule has 2 atom stereocenters. The largest absolute Gasteiger partial charge is 0.444 e. The molecule has 0 aliphatic carbocycles. The molecule has 0 fully saturated rings. The summed E-state index contributed by atoms with van der Waals surface area (Å²) in [5, 5.41) is 22.6. The lowest BCUT2D eigenvalue weighted by atomic mass is 10.0. The van der Waals surface area contributed by atoms with Crippen LogP contribution in [0.15, 0.2) is 29.2 Å². The summed E-state index contributed by atoms with van der Waals surface area (Å²) in [4.78, 5) is 11.6. The number of sulfone groups is 1. The van der Waals surface area contributed by atoms with E-state index in [9.17, 15) is 23.4 Å². The molecule has 0 radical (unpaired) electrons. The normalized spacial score (nSPS) is 14.8. The lowest BCUT2D eigenvalue weighted by molar-refractivity contribution is 0.0122. The van der Waals surface area contributed by atoms with E-state index < -0.39 is 33.7 Å². The van der Waals surface area contributed by atoms with Crippen LogP contribution in [0.5, 0.6) is 0 Å². The number of amides is 1. The van der Waals surface area contributed by atoms with Crippen molar-refractivity contribution in [2.24, 2.45) is 0 Å². The van der Waals surface area contributed by atoms with Gasteiger partial charge in [-0.05, 0) is 44.9 Å². The van der Waals surface area contributed by atoms with Crippen LogP contribution in [-0.2, 0) is 14.6 Å². The number of carbonyl (C=O) groups excluding carboxylic acids is 1. The van der Waals surface area contributed by atoms with Gasteiger partial charge in [-0.25, -0.2) is 13.2 Å². The van der Waals surface area contributed by atoms with Crippen molar-refractivity contribution in [2.45, 2.75) is 49.9 Å². The van der Waals surface area contributed by atoms with Gasteiger partial charge in [-0.15, -0.1) is 0 Å². The zero-order valence-electron chi connectivity index (χ0n) is 14.3. The molecule has 1 aromatic carbocycles. The molecule has 0 aromatic heterocycles. The Morgan fingerprint density at radius 2 is 1.92 bits per heavy atom. The third-order valence-corrected chi connectivity index (χ3v) is 4.21. The first kappa shape index (κ1) is 20.4. The van der Waals surface area contributed by atoms with Gasteiger partial charge in [0, 0.05) is 12.8 Å². The Kier molecular flexibility index (Phi) is 6.76. The van der Waals surface area contributed by atoms with Crippen LogP contribution in [-0.4, -0.2) is 49.2 Å². The SMILES string of the molecule is CC(C)(C)OC(=O)NCCC(O)C(O)c1cccc(S(C)(=O)=O)c1. The van der Waals surface area contributed by atoms with Crippen LogP contribution in [0.25, 0.3) is 0 Å². The van der Waals surface area contributed by atoms with Crippen LogP contribution >= 0.6 is 0 Å². The highest BCUT2D eigenvalue weighted by molar-refractivity contribution is 7.90. The van der Waals surface area contributed by atoms with Crippen molar-refractivity contribution in [3.63, 3.8) is 0 Å². The fourth-order valence-corrected chi connectivity index (χ4v) is 2.62. The predicted molar refractivity (Wildman–Crippen MR) is 89.4 cm³/mol. The monoisotopic (exact) mass is 359 g/mol. The van der Waals surface area contributed by atoms with E-state index in [1.165, 1.54) is 24.3 Å². The molecule has 136 valence electrons. The van der Waals surface area contributed by atoms with Crippen molar-refractivity contribution in [3.8, 4) is 0 Å². The standard InChI is InChI=1S/C16H25NO6S/c1-16(2,3)23-15(20)17-9-8-13(18)14(19)11-6-5-7-12(10-11)24(4,21)22/h5-7,10,13-14,18-19H,8-9H2,1-4H3,(H,17,20). The number of carbonyl (C=O) groups is 1. The lowest BCUT2D eigenvalue weighted by Gasteiger charge is -2.21. The smallest absolute Gasteiger partial charge is 0.407 e. The van der Waals surface area contributed by atoms with Gasteiger partial charge < -0.3 is 20.3 Å². The van der Waals surface area contributed by atoms with E-state index in [1.54, 1.807) is 20.8 Å². The van der Waals surface area contributed by atoms with Gasteiger partial charge in [0.1, 0.15) is 11.7 Å². The molecule has 0 bridgehead atoms. The van der Waals surface area contributed by atoms with E-state index in [2.05, 4.69) is 5.32 Å². The first-order valence-corrected chi connectivity index (χ1v) is 9.42. The Bertz CT molecular complexity index is 665. The second kappa shape index (κ2) is 7.96. The fraction of sp³-hybridized carbons (Fsp3) is 0.562. The van der Waals surface area contributed by atoms with Gasteiger partial charge in [-0.1, -0.05) is 12.1 Å². The highest BCUT2D eigenvalue weighted by atomic mass is 32.2. The minimum absolute atomic E-state index is 0.0677. The zero-order chi connectivity index (χ0) is 18.5. The maximum Gasteiger partial charge on any atom is 0.407 e. The molecule has 1 rings (SSSR count). The average molecular weight is 359 g/mol. The molecule has 0 spiro atoms. The molecule has 0 aliphatic rings. The quantitative estimate of drug-likeness (QED) is 0.708. The van der Waals surface area contributed by atoms with Gasteiger partial charge in [0.25, 0.3) is 0 Å². The molecule has 8 heteroatoms. The minimum atomic E-state index is -3.40. The Labute approximate surface area is 142 Å². The summed E-state index contributed by atoms with van der Waals surface area (Å²) >= 11 is 0. The number of hydrogen-bond acceptors (Lipinski definition) is 6. The minimum Gasteiger partial charge on any atom is -0.444 e. The number of nitrogens with one attached hydrogen (secondary N) is 1. The number of ether oxygens (including phenoxy) is 1. The van der Waals surface area contributed by atoms with E-state index in [0.717, 1.165) is 6.26 Å². The van der Waals surface area contributed by atoms with Crippen molar-refractivity contribution in [1.82, 2.24) is 5.32 Å². The Morgan fingerprint density at radius 1 is 1.29 bits per heavy atom. The summed E-state index contributed by atoms with van der Waals surface area (Å²) < 4.78 is 28.1. The fourth-order valence-electron chi connectivity index (χ4n) is 1.95. The Balaban J connectivity index is 2.59. The zero-order valence-corrected chi connectivity index (χ0v) is 15.1. The highest BCUT2D eigenvalue weighted by Crippen LogP contribution is 2.21. The van der Waals surface area contributed by atoms with E-state index in [1.807, 2.05) is 0 Å². The van der Waals surface area contributed by atoms with Crippen LogP contribution in [0.3, 0.4) is 0 Å². The van der Waals surface area contributed by atoms with E-state index in [4.69, 9.17) is 4.74 Å². The van der Waals surface area contributed by atoms with E-state index >= 15 is 0 Å². The van der Waals surface area contributed by atoms with Crippen LogP contribution in [0.4, 0.5) is 4.79 Å². The van der Waals surface area contributed by atoms with Crippen LogP contribution in [0, 0.1) is 0 Å². The second-order valence-corrected chi connectivity index (χ2v) is 8.59. The number of hydrogen-bond donors (Lipinski definition) is 3. The summed E-state index contributed by atoms with van der Waals surface area (Å²) in [6.45, 7) is 5.32. The average Bonchev–Trinajstić information content (AvgIpc) is 2.43. The summed E-state index contributed by atoms with van der Waals surface area (Å²) in [5.74, 6) is 0. The first-order valence-electron chi connectivity index (χ1n) is 7.53. The predicted octanol–water partition coefficient (Wildman–Crippen LogP) is 1.40. The molecule has 0 aliphatic heterocycles. The van der Waals surface area contributed by atoms with Crippen molar-refractivity contribution >= 4 is 15.9 Å². The van der Waals surface area contributed by atoms with Gasteiger partial charge >= 0.3 is 6.09 Å². The maximum absolute atomic E-state index is 11.5. The first-order chi connectivity index (χ1) is 10.9. The third-order valence-electron chi connectivity index (χ3n) is 3.10. The molecule has 3 N–H and O–H groups in total. The van der Waals surface area contributed by atoms with Crippen molar-refractivity contribution in [1.29, 1.82) is 0 Å². The number of rotatable bonds is 6. The van der Waals surface area contributed by atoms with Crippen LogP contribution in [0.1, 0.15) is 38.9 Å². The van der Waals surface area contributed by atoms with Gasteiger partial charge in [0.05, 0.1) is 11.0 Å². The van der Waals surface area contributed by atoms with Gasteiger partial charge in [0.2, 0.25) is 0 Å². The maximum atomic E-state index is 11.5. The molecular weight excluding hydrogens is 334 g/mol. The Hall–Kier alpha value is -1.64. The van der Waals surface area contributed by atoms with E-state index in [-0.39, 0.29) is 17.9 Å². The number of benzene rings is 1. The molecule has 7 nitrogen and oxygen atoms in total. The summed E-state index contributed by atoms with van der Waals surface area (Å²) in [7, 11) is -3.40. The van der Waals surface area contributed by atoms with Gasteiger partial charge in [-0.3, -0.25) is 0 Å². The second-order valence-electron chi connectivity index (χ2n) is 6.57. The van der Waals surface area contributed by atoms with Crippen molar-refractivity contribution < 1.29 is 28.2 Å². The van der Waals surface area contributed by atoms with E-state index in [0.29, 0.717) is 5.56 Å². The third kappa shape index (κ3) is 6.86. The number of aliphatic hydroxyl groups is 2. The van der Waals surface area contributed by atoms with Crippen molar-refractivity contribution in [3.05, 3.63) is 29.8 Å². The van der Waals surface area contributed by atoms with Gasteiger partial charge in [-0.2, -0.15) is 0 Å². The molecule has 0 saturated heterocycles. The Morgan fingerprint density at radius 3 is 2.46 bits per heavy atom. The summed E-state index contributed by atoms with van der Waals surface area (Å²) in [6.07, 6.45) is -1.87. The molecule has 24 heavy (non-hydrogen) atoms. The summed E-state index contributed by atoms with van der Waals surface area (Å²) in [6, 6.07) is 5.77. The van der Waals surface area contributed by atoms with Gasteiger partial charge in [0.15, 0.2) is 9.84 Å². The lowest BCUT2D eigenvalue weighted by Crippen LogP contribution is -2.34.